The van der Waals surface area contributed by atoms with E-state index in [9.17, 15) is 0 Å². The first kappa shape index (κ1) is 7.64. The Balaban J connectivity index is 1.97. The molecule has 0 saturated heterocycles. The molecule has 11 heavy (non-hydrogen) atoms. The molecule has 0 nitrogen and oxygen atoms in total. The summed E-state index contributed by atoms with van der Waals surface area (Å²) in [5.41, 5.74) is 0. The van der Waals surface area contributed by atoms with Gasteiger partial charge in [0.1, 0.15) is 0 Å². The normalized spacial score (nSPS) is 39.3. The Labute approximate surface area is 70.4 Å². The number of hydrogen-bond acceptors (Lipinski definition) is 0. The fourth-order valence-corrected chi connectivity index (χ4v) is 2.49. The predicted molar refractivity (Wildman–Crippen MR) is 47.9 cm³/mol. The molecule has 2 saturated carbocycles. The van der Waals surface area contributed by atoms with Gasteiger partial charge in [-0.3, -0.25) is 0 Å². The minimum atomic E-state index is 0.980. The topological polar surface area (TPSA) is 0 Å². The van der Waals surface area contributed by atoms with Gasteiger partial charge in [-0.25, -0.2) is 0 Å². The van der Waals surface area contributed by atoms with Gasteiger partial charge in [0.2, 0.25) is 0 Å². The highest BCUT2D eigenvalue weighted by atomic mass is 14.3. The van der Waals surface area contributed by atoms with Gasteiger partial charge in [0.05, 0.1) is 0 Å². The van der Waals surface area contributed by atoms with Gasteiger partial charge in [-0.05, 0) is 50.4 Å². The first-order valence-electron chi connectivity index (χ1n) is 5.12. The summed E-state index contributed by atoms with van der Waals surface area (Å²) in [4.78, 5) is 0. The van der Waals surface area contributed by atoms with Crippen molar-refractivity contribution in [3.05, 3.63) is 12.8 Å². The first-order chi connectivity index (χ1) is 5.45. The van der Waals surface area contributed by atoms with E-state index in [0.717, 1.165) is 11.8 Å². The van der Waals surface area contributed by atoms with Crippen LogP contribution in [0.15, 0.2) is 0 Å². The van der Waals surface area contributed by atoms with Crippen LogP contribution in [-0.4, -0.2) is 0 Å². The van der Waals surface area contributed by atoms with Gasteiger partial charge in [-0.1, -0.05) is 19.3 Å². The molecule has 2 fully saturated rings. The molecule has 2 atom stereocenters. The smallest absolute Gasteiger partial charge is 0.0355 e. The summed E-state index contributed by atoms with van der Waals surface area (Å²) in [7, 11) is 0. The zero-order chi connectivity index (χ0) is 7.52. The van der Waals surface area contributed by atoms with Gasteiger partial charge in [-0.2, -0.15) is 0 Å². The van der Waals surface area contributed by atoms with Gasteiger partial charge in [-0.15, -0.1) is 0 Å². The lowest BCUT2D eigenvalue weighted by Gasteiger charge is -2.18. The molecule has 0 amide bonds. The van der Waals surface area contributed by atoms with Crippen LogP contribution in [0, 0.1) is 24.7 Å². The molecule has 2 bridgehead atoms. The molecule has 2 unspecified atom stereocenters. The van der Waals surface area contributed by atoms with Crippen molar-refractivity contribution in [1.82, 2.24) is 0 Å². The van der Waals surface area contributed by atoms with E-state index in [-0.39, 0.29) is 0 Å². The quantitative estimate of drug-likeness (QED) is 0.496. The van der Waals surface area contributed by atoms with Crippen LogP contribution in [-0.2, 0) is 0 Å². The van der Waals surface area contributed by atoms with Gasteiger partial charge in [0, 0.05) is 0 Å². The van der Waals surface area contributed by atoms with Crippen molar-refractivity contribution in [2.24, 2.45) is 11.8 Å². The van der Waals surface area contributed by atoms with Crippen molar-refractivity contribution in [2.45, 2.75) is 44.9 Å². The molecule has 2 radical (unpaired) electrons. The van der Waals surface area contributed by atoms with E-state index in [1.54, 1.807) is 0 Å². The fourth-order valence-electron chi connectivity index (χ4n) is 2.49. The molecular weight excluding hydrogens is 132 g/mol. The highest BCUT2D eigenvalue weighted by molar-refractivity contribution is 4.89. The van der Waals surface area contributed by atoms with Gasteiger partial charge in [0.15, 0.2) is 0 Å². The third kappa shape index (κ3) is 1.98. The minimum absolute atomic E-state index is 0.980. The molecule has 0 heteroatoms. The third-order valence-corrected chi connectivity index (χ3v) is 3.22. The molecule has 0 aromatic rings. The Kier molecular flexibility index (Phi) is 2.50. The van der Waals surface area contributed by atoms with Crippen LogP contribution in [0.25, 0.3) is 0 Å². The summed E-state index contributed by atoms with van der Waals surface area (Å²) in [6, 6.07) is 0. The van der Waals surface area contributed by atoms with Gasteiger partial charge >= 0.3 is 0 Å². The molecule has 0 aromatic carbocycles. The predicted octanol–water partition coefficient (Wildman–Crippen LogP) is 3.39. The van der Waals surface area contributed by atoms with E-state index in [4.69, 9.17) is 0 Å². The Morgan fingerprint density at radius 3 is 1.82 bits per heavy atom. The zero-order valence-electron chi connectivity index (χ0n) is 7.26. The monoisotopic (exact) mass is 150 g/mol. The molecule has 0 spiro atoms. The van der Waals surface area contributed by atoms with Crippen molar-refractivity contribution in [3.63, 3.8) is 0 Å². The van der Waals surface area contributed by atoms with Crippen LogP contribution in [0.4, 0.5) is 0 Å². The van der Waals surface area contributed by atoms with Crippen LogP contribution < -0.4 is 0 Å². The Hall–Kier alpha value is 0. The fraction of sp³-hybridized carbons (Fsp3) is 0.818. The largest absolute Gasteiger partial charge is 0.0528 e. The zero-order valence-corrected chi connectivity index (χ0v) is 7.26. The van der Waals surface area contributed by atoms with E-state index >= 15 is 0 Å². The summed E-state index contributed by atoms with van der Waals surface area (Å²) >= 11 is 0. The van der Waals surface area contributed by atoms with Crippen molar-refractivity contribution in [1.29, 1.82) is 0 Å². The summed E-state index contributed by atoms with van der Waals surface area (Å²) in [5.74, 6) is 1.96. The third-order valence-electron chi connectivity index (χ3n) is 3.22. The Morgan fingerprint density at radius 2 is 1.27 bits per heavy atom. The Morgan fingerprint density at radius 1 is 0.727 bits per heavy atom. The molecule has 62 valence electrons. The van der Waals surface area contributed by atoms with Gasteiger partial charge < -0.3 is 0 Å². The van der Waals surface area contributed by atoms with E-state index in [0.29, 0.717) is 0 Å². The maximum Gasteiger partial charge on any atom is -0.0355 e. The standard InChI is InChI=1S/C11H18/c1-2-5-11-7-3-6-10(4-1)8-9-11/h4-5,10-11H,1-3,6-9H2. The Bertz CT molecular complexity index is 99.2. The molecular formula is C11H18. The molecule has 2 aliphatic rings. The average molecular weight is 150 g/mol. The average Bonchev–Trinajstić information content (AvgIpc) is 2.11. The minimum Gasteiger partial charge on any atom is -0.0528 e. The maximum atomic E-state index is 2.57. The van der Waals surface area contributed by atoms with Crippen molar-refractivity contribution < 1.29 is 0 Å². The lowest BCUT2D eigenvalue weighted by Crippen LogP contribution is -2.05. The number of fused-ring (bicyclic) bond motifs is 3. The van der Waals surface area contributed by atoms with Crippen molar-refractivity contribution in [3.8, 4) is 0 Å². The second kappa shape index (κ2) is 3.60. The van der Waals surface area contributed by atoms with Crippen LogP contribution in [0.1, 0.15) is 44.9 Å². The number of rotatable bonds is 0. The van der Waals surface area contributed by atoms with Crippen LogP contribution in [0.2, 0.25) is 0 Å². The molecule has 2 rings (SSSR count). The summed E-state index contributed by atoms with van der Waals surface area (Å²) in [5, 5.41) is 0. The van der Waals surface area contributed by atoms with E-state index in [1.165, 1.54) is 44.9 Å². The first-order valence-corrected chi connectivity index (χ1v) is 5.12. The van der Waals surface area contributed by atoms with Gasteiger partial charge in [0.25, 0.3) is 0 Å². The summed E-state index contributed by atoms with van der Waals surface area (Å²) in [6.07, 6.45) is 15.2. The van der Waals surface area contributed by atoms with Crippen LogP contribution >= 0.6 is 0 Å². The molecule has 0 aromatic heterocycles. The molecule has 2 aliphatic carbocycles. The van der Waals surface area contributed by atoms with E-state index in [1.807, 2.05) is 0 Å². The highest BCUT2D eigenvalue weighted by Gasteiger charge is 2.21. The highest BCUT2D eigenvalue weighted by Crippen LogP contribution is 2.34. The number of hydrogen-bond donors (Lipinski definition) is 0. The molecule has 0 N–H and O–H groups in total. The lowest BCUT2D eigenvalue weighted by molar-refractivity contribution is 0.452. The summed E-state index contributed by atoms with van der Waals surface area (Å²) < 4.78 is 0. The second-order valence-electron chi connectivity index (χ2n) is 4.08. The summed E-state index contributed by atoms with van der Waals surface area (Å²) in [6.45, 7) is 0. The lowest BCUT2D eigenvalue weighted by atomic mass is 9.87. The van der Waals surface area contributed by atoms with Crippen LogP contribution in [0.5, 0.6) is 0 Å². The van der Waals surface area contributed by atoms with E-state index in [2.05, 4.69) is 12.8 Å². The second-order valence-corrected chi connectivity index (χ2v) is 4.08. The molecule has 0 aliphatic heterocycles. The molecule has 0 heterocycles. The SMILES string of the molecule is [CH]1CC[CH]C2CCCC1CC2. The maximum absolute atomic E-state index is 2.57. The van der Waals surface area contributed by atoms with Crippen molar-refractivity contribution in [2.75, 3.05) is 0 Å². The van der Waals surface area contributed by atoms with Crippen molar-refractivity contribution >= 4 is 0 Å². The van der Waals surface area contributed by atoms with Crippen LogP contribution in [0.3, 0.4) is 0 Å². The van der Waals surface area contributed by atoms with E-state index < -0.39 is 0 Å².